The Labute approximate surface area is 140 Å². The minimum atomic E-state index is 0.0228. The van der Waals surface area contributed by atoms with Gasteiger partial charge >= 0.3 is 0 Å². The quantitative estimate of drug-likeness (QED) is 0.877. The second-order valence-electron chi connectivity index (χ2n) is 7.05. The predicted molar refractivity (Wildman–Crippen MR) is 93.9 cm³/mol. The molecule has 1 fully saturated rings. The zero-order valence-corrected chi connectivity index (χ0v) is 14.9. The molecule has 23 heavy (non-hydrogen) atoms. The van der Waals surface area contributed by atoms with E-state index in [-0.39, 0.29) is 11.9 Å². The molecule has 1 aromatic rings. The van der Waals surface area contributed by atoms with Crippen molar-refractivity contribution in [1.29, 1.82) is 0 Å². The summed E-state index contributed by atoms with van der Waals surface area (Å²) in [5.41, 5.74) is 2.39. The van der Waals surface area contributed by atoms with Crippen LogP contribution in [-0.4, -0.2) is 43.6 Å². The molecule has 0 radical (unpaired) electrons. The van der Waals surface area contributed by atoms with Gasteiger partial charge < -0.3 is 15.0 Å². The number of carbonyl (C=O) groups is 1. The van der Waals surface area contributed by atoms with Crippen molar-refractivity contribution in [1.82, 2.24) is 10.2 Å². The average molecular weight is 318 g/mol. The Kier molecular flexibility index (Phi) is 6.46. The summed E-state index contributed by atoms with van der Waals surface area (Å²) >= 11 is 0. The normalized spacial score (nSPS) is 17.7. The molecule has 1 aromatic carbocycles. The van der Waals surface area contributed by atoms with Gasteiger partial charge in [-0.25, -0.2) is 0 Å². The molecule has 2 rings (SSSR count). The summed E-state index contributed by atoms with van der Waals surface area (Å²) < 4.78 is 5.81. The predicted octanol–water partition coefficient (Wildman–Crippen LogP) is 2.92. The Morgan fingerprint density at radius 3 is 2.48 bits per heavy atom. The molecule has 0 aromatic heterocycles. The fourth-order valence-electron chi connectivity index (χ4n) is 3.14. The van der Waals surface area contributed by atoms with Crippen LogP contribution in [0, 0.1) is 19.8 Å². The number of nitrogens with one attached hydrogen (secondary N) is 1. The van der Waals surface area contributed by atoms with Gasteiger partial charge in [0.15, 0.2) is 0 Å². The van der Waals surface area contributed by atoms with Crippen LogP contribution in [0.3, 0.4) is 0 Å². The molecule has 1 saturated heterocycles. The van der Waals surface area contributed by atoms with Crippen LogP contribution in [0.5, 0.6) is 5.75 Å². The van der Waals surface area contributed by atoms with Crippen molar-refractivity contribution in [3.8, 4) is 5.75 Å². The van der Waals surface area contributed by atoms with E-state index in [0.717, 1.165) is 31.7 Å². The highest BCUT2D eigenvalue weighted by Crippen LogP contribution is 2.19. The number of benzene rings is 1. The van der Waals surface area contributed by atoms with E-state index in [1.54, 1.807) is 0 Å². The molecule has 1 aliphatic heterocycles. The Morgan fingerprint density at radius 1 is 1.26 bits per heavy atom. The van der Waals surface area contributed by atoms with E-state index in [0.29, 0.717) is 18.9 Å². The van der Waals surface area contributed by atoms with Gasteiger partial charge in [-0.15, -0.1) is 0 Å². The first-order valence-corrected chi connectivity index (χ1v) is 8.61. The van der Waals surface area contributed by atoms with Crippen molar-refractivity contribution < 1.29 is 9.53 Å². The largest absolute Gasteiger partial charge is 0.491 e. The summed E-state index contributed by atoms with van der Waals surface area (Å²) in [6, 6.07) is 6.20. The smallest absolute Gasteiger partial charge is 0.220 e. The molecule has 0 unspecified atom stereocenters. The lowest BCUT2D eigenvalue weighted by atomic mass is 9.93. The molecule has 1 aliphatic rings. The van der Waals surface area contributed by atoms with Gasteiger partial charge in [0, 0.05) is 6.42 Å². The maximum atomic E-state index is 12.1. The van der Waals surface area contributed by atoms with Crippen molar-refractivity contribution in [2.24, 2.45) is 5.92 Å². The summed E-state index contributed by atoms with van der Waals surface area (Å²) in [5.74, 6) is 1.55. The fourth-order valence-corrected chi connectivity index (χ4v) is 3.14. The van der Waals surface area contributed by atoms with Crippen molar-refractivity contribution in [2.75, 3.05) is 26.7 Å². The molecule has 1 heterocycles. The Balaban J connectivity index is 1.71. The number of carbonyl (C=O) groups excluding carboxylic acids is 1. The standard InChI is InChI=1S/C19H30N2O2/c1-14-9-15(2)11-18(10-14)23-13-16(3)20-19(22)12-17-5-7-21(4)8-6-17/h9-11,16-17H,5-8,12-13H2,1-4H3,(H,20,22)/t16-/m1/s1. The second kappa shape index (κ2) is 8.34. The number of hydrogen-bond donors (Lipinski definition) is 1. The topological polar surface area (TPSA) is 41.6 Å². The number of hydrogen-bond acceptors (Lipinski definition) is 3. The van der Waals surface area contributed by atoms with Crippen molar-refractivity contribution in [2.45, 2.75) is 46.1 Å². The number of likely N-dealkylation sites (tertiary alicyclic amines) is 1. The lowest BCUT2D eigenvalue weighted by Gasteiger charge is -2.28. The molecule has 1 atom stereocenters. The van der Waals surface area contributed by atoms with E-state index in [9.17, 15) is 4.79 Å². The van der Waals surface area contributed by atoms with E-state index in [2.05, 4.69) is 37.2 Å². The van der Waals surface area contributed by atoms with Gasteiger partial charge in [-0.2, -0.15) is 0 Å². The van der Waals surface area contributed by atoms with Crippen LogP contribution in [0.15, 0.2) is 18.2 Å². The molecule has 0 spiro atoms. The molecule has 4 nitrogen and oxygen atoms in total. The number of rotatable bonds is 6. The van der Waals surface area contributed by atoms with Crippen LogP contribution >= 0.6 is 0 Å². The number of ether oxygens (including phenoxy) is 1. The third-order valence-electron chi connectivity index (χ3n) is 4.41. The lowest BCUT2D eigenvalue weighted by molar-refractivity contribution is -0.123. The number of piperidine rings is 1. The Bertz CT molecular complexity index is 502. The van der Waals surface area contributed by atoms with Crippen LogP contribution in [0.4, 0.5) is 0 Å². The first-order valence-electron chi connectivity index (χ1n) is 8.61. The second-order valence-corrected chi connectivity index (χ2v) is 7.05. The van der Waals surface area contributed by atoms with Gasteiger partial charge in [-0.1, -0.05) is 6.07 Å². The number of aryl methyl sites for hydroxylation is 2. The zero-order chi connectivity index (χ0) is 16.8. The van der Waals surface area contributed by atoms with Crippen molar-refractivity contribution in [3.63, 3.8) is 0 Å². The molecule has 0 saturated carbocycles. The summed E-state index contributed by atoms with van der Waals surface area (Å²) in [4.78, 5) is 14.5. The van der Waals surface area contributed by atoms with E-state index >= 15 is 0 Å². The minimum Gasteiger partial charge on any atom is -0.491 e. The summed E-state index contributed by atoms with van der Waals surface area (Å²) in [5, 5.41) is 3.06. The van der Waals surface area contributed by atoms with Crippen LogP contribution in [0.2, 0.25) is 0 Å². The highest BCUT2D eigenvalue weighted by atomic mass is 16.5. The van der Waals surface area contributed by atoms with Crippen molar-refractivity contribution in [3.05, 3.63) is 29.3 Å². The van der Waals surface area contributed by atoms with Gasteiger partial charge in [0.25, 0.3) is 0 Å². The molecule has 0 aliphatic carbocycles. The third kappa shape index (κ3) is 6.22. The van der Waals surface area contributed by atoms with Gasteiger partial charge in [0.1, 0.15) is 12.4 Å². The molecular weight excluding hydrogens is 288 g/mol. The SMILES string of the molecule is Cc1cc(C)cc(OC[C@@H](C)NC(=O)CC2CCN(C)CC2)c1. The van der Waals surface area contributed by atoms with E-state index in [1.807, 2.05) is 19.1 Å². The molecular formula is C19H30N2O2. The first kappa shape index (κ1) is 17.8. The zero-order valence-electron chi connectivity index (χ0n) is 14.9. The summed E-state index contributed by atoms with van der Waals surface area (Å²) in [7, 11) is 2.14. The maximum absolute atomic E-state index is 12.1. The average Bonchev–Trinajstić information content (AvgIpc) is 2.46. The van der Waals surface area contributed by atoms with E-state index in [4.69, 9.17) is 4.74 Å². The number of nitrogens with zero attached hydrogens (tertiary/aromatic N) is 1. The van der Waals surface area contributed by atoms with Gasteiger partial charge in [-0.05, 0) is 82.9 Å². The summed E-state index contributed by atoms with van der Waals surface area (Å²) in [6.07, 6.45) is 2.89. The lowest BCUT2D eigenvalue weighted by Crippen LogP contribution is -2.39. The third-order valence-corrected chi connectivity index (χ3v) is 4.41. The van der Waals surface area contributed by atoms with Gasteiger partial charge in [-0.3, -0.25) is 4.79 Å². The molecule has 1 N–H and O–H groups in total. The van der Waals surface area contributed by atoms with Gasteiger partial charge in [0.05, 0.1) is 6.04 Å². The van der Waals surface area contributed by atoms with E-state index < -0.39 is 0 Å². The molecule has 0 bridgehead atoms. The van der Waals surface area contributed by atoms with Crippen LogP contribution in [0.25, 0.3) is 0 Å². The maximum Gasteiger partial charge on any atom is 0.220 e. The number of amides is 1. The monoisotopic (exact) mass is 318 g/mol. The Hall–Kier alpha value is -1.55. The van der Waals surface area contributed by atoms with Crippen molar-refractivity contribution >= 4 is 5.91 Å². The minimum absolute atomic E-state index is 0.0228. The Morgan fingerprint density at radius 2 is 1.87 bits per heavy atom. The van der Waals surface area contributed by atoms with Gasteiger partial charge in [0.2, 0.25) is 5.91 Å². The first-order chi connectivity index (χ1) is 10.9. The highest BCUT2D eigenvalue weighted by Gasteiger charge is 2.20. The van der Waals surface area contributed by atoms with Crippen LogP contribution < -0.4 is 10.1 Å². The van der Waals surface area contributed by atoms with Crippen LogP contribution in [-0.2, 0) is 4.79 Å². The highest BCUT2D eigenvalue weighted by molar-refractivity contribution is 5.76. The van der Waals surface area contributed by atoms with E-state index in [1.165, 1.54) is 11.1 Å². The molecule has 128 valence electrons. The summed E-state index contributed by atoms with van der Waals surface area (Å²) in [6.45, 7) is 8.82. The molecule has 1 amide bonds. The molecule has 4 heteroatoms. The fraction of sp³-hybridized carbons (Fsp3) is 0.632. The van der Waals surface area contributed by atoms with Crippen LogP contribution in [0.1, 0.15) is 37.3 Å².